The van der Waals surface area contributed by atoms with Crippen LogP contribution >= 0.6 is 11.3 Å². The second-order valence-corrected chi connectivity index (χ2v) is 5.08. The summed E-state index contributed by atoms with van der Waals surface area (Å²) in [5.74, 6) is 0.506. The molecule has 3 rings (SSSR count). The quantitative estimate of drug-likeness (QED) is 0.700. The van der Waals surface area contributed by atoms with Crippen LogP contribution in [0.5, 0.6) is 5.75 Å². The number of thiazole rings is 1. The van der Waals surface area contributed by atoms with Gasteiger partial charge in [0, 0.05) is 10.9 Å². The number of rotatable bonds is 3. The third kappa shape index (κ3) is 2.30. The van der Waals surface area contributed by atoms with E-state index in [0.717, 1.165) is 16.3 Å². The molecule has 1 aromatic heterocycles. The lowest BCUT2D eigenvalue weighted by Gasteiger charge is -2.04. The zero-order chi connectivity index (χ0) is 13.9. The van der Waals surface area contributed by atoms with Crippen LogP contribution in [0.15, 0.2) is 53.9 Å². The van der Waals surface area contributed by atoms with Gasteiger partial charge in [-0.25, -0.2) is 9.37 Å². The maximum Gasteiger partial charge on any atom is 0.132 e. The van der Waals surface area contributed by atoms with Gasteiger partial charge < -0.3 is 4.74 Å². The van der Waals surface area contributed by atoms with Crippen LogP contribution in [-0.2, 0) is 0 Å². The third-order valence-corrected chi connectivity index (χ3v) is 3.87. The molecule has 100 valence electrons. The third-order valence-electron chi connectivity index (χ3n) is 2.99. The highest BCUT2D eigenvalue weighted by molar-refractivity contribution is 7.13. The van der Waals surface area contributed by atoms with Crippen molar-refractivity contribution in [2.45, 2.75) is 0 Å². The summed E-state index contributed by atoms with van der Waals surface area (Å²) in [7, 11) is 1.63. The standard InChI is InChI=1S/C16H12FNOS/c1-19-15-9-5-3-7-12(15)16-18-14(10-20-16)11-6-2-4-8-13(11)17/h2-10H,1H3. The zero-order valence-corrected chi connectivity index (χ0v) is 11.7. The van der Waals surface area contributed by atoms with E-state index >= 15 is 0 Å². The van der Waals surface area contributed by atoms with E-state index in [1.165, 1.54) is 17.4 Å². The molecule has 0 N–H and O–H groups in total. The number of aromatic nitrogens is 1. The minimum atomic E-state index is -0.260. The molecule has 0 aliphatic carbocycles. The predicted molar refractivity (Wildman–Crippen MR) is 79.5 cm³/mol. The SMILES string of the molecule is COc1ccccc1-c1nc(-c2ccccc2F)cs1. The van der Waals surface area contributed by atoms with Gasteiger partial charge in [-0.1, -0.05) is 24.3 Å². The number of benzene rings is 2. The second-order valence-electron chi connectivity index (χ2n) is 4.22. The van der Waals surface area contributed by atoms with E-state index < -0.39 is 0 Å². The second kappa shape index (κ2) is 5.43. The lowest BCUT2D eigenvalue weighted by molar-refractivity contribution is 0.416. The van der Waals surface area contributed by atoms with Crippen LogP contribution in [0.4, 0.5) is 4.39 Å². The average molecular weight is 285 g/mol. The zero-order valence-electron chi connectivity index (χ0n) is 10.8. The van der Waals surface area contributed by atoms with Gasteiger partial charge >= 0.3 is 0 Å². The van der Waals surface area contributed by atoms with Gasteiger partial charge in [-0.05, 0) is 24.3 Å². The number of hydrogen-bond donors (Lipinski definition) is 0. The van der Waals surface area contributed by atoms with Crippen LogP contribution in [0.3, 0.4) is 0 Å². The highest BCUT2D eigenvalue weighted by Gasteiger charge is 2.12. The minimum Gasteiger partial charge on any atom is -0.496 e. The molecule has 0 bridgehead atoms. The normalized spacial score (nSPS) is 10.5. The van der Waals surface area contributed by atoms with Crippen molar-refractivity contribution in [2.24, 2.45) is 0 Å². The number of halogens is 1. The molecular formula is C16H12FNOS. The Bertz CT molecular complexity index is 739. The van der Waals surface area contributed by atoms with Crippen LogP contribution in [0.25, 0.3) is 21.8 Å². The van der Waals surface area contributed by atoms with E-state index in [4.69, 9.17) is 4.74 Å². The summed E-state index contributed by atoms with van der Waals surface area (Å²) >= 11 is 1.48. The number of ether oxygens (including phenoxy) is 1. The van der Waals surface area contributed by atoms with Crippen molar-refractivity contribution in [3.05, 3.63) is 59.7 Å². The van der Waals surface area contributed by atoms with Crippen molar-refractivity contribution < 1.29 is 9.13 Å². The molecule has 0 amide bonds. The average Bonchev–Trinajstić information content (AvgIpc) is 2.97. The van der Waals surface area contributed by atoms with Crippen molar-refractivity contribution in [3.63, 3.8) is 0 Å². The molecule has 0 saturated heterocycles. The molecule has 4 heteroatoms. The summed E-state index contributed by atoms with van der Waals surface area (Å²) in [6.45, 7) is 0. The van der Waals surface area contributed by atoms with Crippen LogP contribution in [0.2, 0.25) is 0 Å². The van der Waals surface area contributed by atoms with Crippen molar-refractivity contribution >= 4 is 11.3 Å². The molecule has 0 atom stereocenters. The molecule has 0 saturated carbocycles. The summed E-state index contributed by atoms with van der Waals surface area (Å²) in [4.78, 5) is 4.52. The largest absolute Gasteiger partial charge is 0.496 e. The van der Waals surface area contributed by atoms with Gasteiger partial charge in [-0.15, -0.1) is 11.3 Å². The first kappa shape index (κ1) is 12.8. The molecule has 0 radical (unpaired) electrons. The molecule has 0 unspecified atom stereocenters. The van der Waals surface area contributed by atoms with Gasteiger partial charge in [0.25, 0.3) is 0 Å². The van der Waals surface area contributed by atoms with Crippen LogP contribution in [-0.4, -0.2) is 12.1 Å². The first-order valence-electron chi connectivity index (χ1n) is 6.13. The maximum atomic E-state index is 13.8. The lowest BCUT2D eigenvalue weighted by Crippen LogP contribution is -1.87. The highest BCUT2D eigenvalue weighted by Crippen LogP contribution is 2.34. The Morgan fingerprint density at radius 3 is 2.45 bits per heavy atom. The van der Waals surface area contributed by atoms with Crippen LogP contribution in [0, 0.1) is 5.82 Å². The smallest absolute Gasteiger partial charge is 0.132 e. The summed E-state index contributed by atoms with van der Waals surface area (Å²) < 4.78 is 19.1. The van der Waals surface area contributed by atoms with Gasteiger partial charge in [0.05, 0.1) is 18.4 Å². The Morgan fingerprint density at radius 2 is 1.70 bits per heavy atom. The Kier molecular flexibility index (Phi) is 3.48. The number of nitrogens with zero attached hydrogens (tertiary/aromatic N) is 1. The predicted octanol–water partition coefficient (Wildman–Crippen LogP) is 4.62. The fraction of sp³-hybridized carbons (Fsp3) is 0.0625. The van der Waals surface area contributed by atoms with Gasteiger partial charge in [-0.3, -0.25) is 0 Å². The molecular weight excluding hydrogens is 273 g/mol. The number of hydrogen-bond acceptors (Lipinski definition) is 3. The summed E-state index contributed by atoms with van der Waals surface area (Å²) in [5, 5.41) is 2.68. The first-order chi connectivity index (χ1) is 9.79. The monoisotopic (exact) mass is 285 g/mol. The summed E-state index contributed by atoms with van der Waals surface area (Å²) in [6.07, 6.45) is 0. The molecule has 0 fully saturated rings. The Balaban J connectivity index is 2.05. The molecule has 2 aromatic carbocycles. The van der Waals surface area contributed by atoms with Crippen LogP contribution < -0.4 is 4.74 Å². The maximum absolute atomic E-state index is 13.8. The first-order valence-corrected chi connectivity index (χ1v) is 7.01. The molecule has 20 heavy (non-hydrogen) atoms. The van der Waals surface area contributed by atoms with Crippen molar-refractivity contribution in [2.75, 3.05) is 7.11 Å². The fourth-order valence-electron chi connectivity index (χ4n) is 2.01. The van der Waals surface area contributed by atoms with Crippen molar-refractivity contribution in [3.8, 4) is 27.6 Å². The van der Waals surface area contributed by atoms with Crippen LogP contribution in [0.1, 0.15) is 0 Å². The van der Waals surface area contributed by atoms with E-state index in [9.17, 15) is 4.39 Å². The van der Waals surface area contributed by atoms with Gasteiger partial charge in [-0.2, -0.15) is 0 Å². The van der Waals surface area contributed by atoms with Crippen molar-refractivity contribution in [1.82, 2.24) is 4.98 Å². The van der Waals surface area contributed by atoms with E-state index in [-0.39, 0.29) is 5.82 Å². The minimum absolute atomic E-state index is 0.260. The molecule has 0 spiro atoms. The Hall–Kier alpha value is -2.20. The van der Waals surface area contributed by atoms with Gasteiger partial charge in [0.2, 0.25) is 0 Å². The number of para-hydroxylation sites is 1. The molecule has 0 aliphatic rings. The summed E-state index contributed by atoms with van der Waals surface area (Å²) in [6, 6.07) is 14.3. The van der Waals surface area contributed by atoms with E-state index in [2.05, 4.69) is 4.98 Å². The van der Waals surface area contributed by atoms with E-state index in [1.54, 1.807) is 25.3 Å². The van der Waals surface area contributed by atoms with Crippen molar-refractivity contribution in [1.29, 1.82) is 0 Å². The van der Waals surface area contributed by atoms with E-state index in [1.807, 2.05) is 29.6 Å². The molecule has 1 heterocycles. The van der Waals surface area contributed by atoms with E-state index in [0.29, 0.717) is 11.3 Å². The highest BCUT2D eigenvalue weighted by atomic mass is 32.1. The topological polar surface area (TPSA) is 22.1 Å². The Labute approximate surface area is 120 Å². The molecule has 3 aromatic rings. The molecule has 2 nitrogen and oxygen atoms in total. The number of methoxy groups -OCH3 is 1. The summed E-state index contributed by atoms with van der Waals surface area (Å²) in [5.41, 5.74) is 2.08. The Morgan fingerprint density at radius 1 is 1.00 bits per heavy atom. The van der Waals surface area contributed by atoms with Gasteiger partial charge in [0.15, 0.2) is 0 Å². The lowest BCUT2D eigenvalue weighted by atomic mass is 10.1. The fourth-order valence-corrected chi connectivity index (χ4v) is 2.86. The van der Waals surface area contributed by atoms with Gasteiger partial charge in [0.1, 0.15) is 16.6 Å². The molecule has 0 aliphatic heterocycles.